The zero-order valence-electron chi connectivity index (χ0n) is 23.8. The number of aliphatic carboxylic acids is 1. The first-order chi connectivity index (χ1) is 21.0. The number of fused-ring (bicyclic) bond motifs is 1. The van der Waals surface area contributed by atoms with Crippen LogP contribution in [0, 0.1) is 5.92 Å². The molecule has 4 N–H and O–H groups in total. The molecule has 1 aliphatic carbocycles. The second-order valence-electron chi connectivity index (χ2n) is 10.3. The summed E-state index contributed by atoms with van der Waals surface area (Å²) in [5, 5.41) is 36.3. The number of imide groups is 1. The van der Waals surface area contributed by atoms with Crippen LogP contribution >= 0.6 is 23.5 Å². The number of aromatic hydroxyl groups is 1. The van der Waals surface area contributed by atoms with Gasteiger partial charge in [0.2, 0.25) is 11.1 Å². The molecule has 2 unspecified atom stereocenters. The van der Waals surface area contributed by atoms with Crippen LogP contribution in [0.5, 0.6) is 5.75 Å². The van der Waals surface area contributed by atoms with Crippen LogP contribution in [0.2, 0.25) is 0 Å². The summed E-state index contributed by atoms with van der Waals surface area (Å²) in [7, 11) is 1.66. The number of amides is 4. The van der Waals surface area contributed by atoms with Gasteiger partial charge in [-0.3, -0.25) is 19.3 Å². The van der Waals surface area contributed by atoms with E-state index in [1.165, 1.54) is 52.5 Å². The first-order valence-electron chi connectivity index (χ1n) is 13.6. The smallest absolute Gasteiger partial charge is 0.332 e. The van der Waals surface area contributed by atoms with Gasteiger partial charge in [0.25, 0.3) is 5.91 Å². The Labute approximate surface area is 260 Å². The van der Waals surface area contributed by atoms with E-state index >= 15 is 0 Å². The lowest BCUT2D eigenvalue weighted by Gasteiger charge is -2.46. The molecule has 1 aromatic carbocycles. The molecular weight excluding hydrogens is 612 g/mol. The Balaban J connectivity index is 1.31. The highest BCUT2D eigenvalue weighted by Gasteiger charge is 2.56. The Hall–Kier alpha value is -4.38. The van der Waals surface area contributed by atoms with Crippen LogP contribution in [0.3, 0.4) is 0 Å². The number of phenolic OH excluding ortho intramolecular Hbond substituents is 1. The number of carbonyl (C=O) groups excluding carboxylic acids is 4. The normalized spacial score (nSPS) is 22.3. The molecule has 4 amide bonds. The maximum Gasteiger partial charge on any atom is 0.332 e. The number of ketones is 1. The SMILES string of the molecule is C=C1C(=O)N(C(=O)N[C@@H](C(=O)N[C@@H]2C(=O)C3C(C(=O)O)=C(CSc4nnnn4C)CSC32)c2ccc(O)cc2)CCN1CC. The average molecular weight is 643 g/mol. The van der Waals surface area contributed by atoms with E-state index in [2.05, 4.69) is 32.7 Å². The number of phenols is 1. The predicted molar refractivity (Wildman–Crippen MR) is 158 cm³/mol. The minimum absolute atomic E-state index is 0.0141. The highest BCUT2D eigenvalue weighted by Crippen LogP contribution is 2.46. The number of urea groups is 1. The fourth-order valence-electron chi connectivity index (χ4n) is 5.33. The minimum atomic E-state index is -1.32. The van der Waals surface area contributed by atoms with Crippen LogP contribution in [-0.2, 0) is 26.2 Å². The quantitative estimate of drug-likeness (QED) is 0.215. The van der Waals surface area contributed by atoms with Gasteiger partial charge in [-0.15, -0.1) is 5.10 Å². The van der Waals surface area contributed by atoms with Crippen LogP contribution in [0.15, 0.2) is 52.8 Å². The summed E-state index contributed by atoms with van der Waals surface area (Å²) in [6.45, 7) is 6.65. The van der Waals surface area contributed by atoms with Crippen molar-refractivity contribution < 1.29 is 34.2 Å². The number of rotatable bonds is 9. The van der Waals surface area contributed by atoms with E-state index in [0.717, 1.165) is 4.90 Å². The molecular formula is C27H30N8O7S2. The first kappa shape index (κ1) is 31.1. The molecule has 1 saturated carbocycles. The van der Waals surface area contributed by atoms with Crippen molar-refractivity contribution in [2.75, 3.05) is 31.1 Å². The number of Topliss-reactive ketones (excluding diaryl/α,β-unsaturated/α-hetero) is 1. The number of tetrazole rings is 1. The summed E-state index contributed by atoms with van der Waals surface area (Å²) in [5.74, 6) is -3.33. The summed E-state index contributed by atoms with van der Waals surface area (Å²) in [5.41, 5.74) is 1.06. The molecule has 5 rings (SSSR count). The first-order valence-corrected chi connectivity index (χ1v) is 15.7. The lowest BCUT2D eigenvalue weighted by Crippen LogP contribution is -2.66. The molecule has 0 radical (unpaired) electrons. The molecule has 15 nitrogen and oxygen atoms in total. The zero-order chi connectivity index (χ0) is 31.7. The number of aromatic nitrogens is 4. The predicted octanol–water partition coefficient (Wildman–Crippen LogP) is 0.317. The van der Waals surface area contributed by atoms with Crippen molar-refractivity contribution in [3.8, 4) is 5.75 Å². The standard InChI is InChI=1S/C27H30N8O7S2/c1-4-34-9-10-35(24(39)13(34)2)26(42)29-19(14-5-7-16(36)8-6-14)23(38)28-20-21(37)18-17(25(40)41)15(11-43-22(18)20)12-44-27-30-31-32-33(27)3/h5-8,18-20,22,36H,2,4,9-12H2,1,3H3,(H,28,38)(H,29,42)(H,40,41)/t18?,19-,20-,22?/m1/s1. The molecule has 0 spiro atoms. The molecule has 0 bridgehead atoms. The molecule has 4 atom stereocenters. The summed E-state index contributed by atoms with van der Waals surface area (Å²) in [6.07, 6.45) is 0. The molecule has 2 fully saturated rings. The Kier molecular flexibility index (Phi) is 8.96. The Morgan fingerprint density at radius 1 is 1.20 bits per heavy atom. The molecule has 44 heavy (non-hydrogen) atoms. The number of thioether (sulfide) groups is 2. The molecule has 232 valence electrons. The largest absolute Gasteiger partial charge is 0.508 e. The average Bonchev–Trinajstić information content (AvgIpc) is 3.42. The lowest BCUT2D eigenvalue weighted by atomic mass is 9.71. The fraction of sp³-hybridized carbons (Fsp3) is 0.407. The Morgan fingerprint density at radius 3 is 2.57 bits per heavy atom. The van der Waals surface area contributed by atoms with Crippen molar-refractivity contribution in [1.29, 1.82) is 0 Å². The van der Waals surface area contributed by atoms with Gasteiger partial charge in [0.1, 0.15) is 17.8 Å². The summed E-state index contributed by atoms with van der Waals surface area (Å²) in [6, 6.07) is 2.44. The Morgan fingerprint density at radius 2 is 1.93 bits per heavy atom. The van der Waals surface area contributed by atoms with Crippen molar-refractivity contribution in [1.82, 2.24) is 40.6 Å². The van der Waals surface area contributed by atoms with Crippen LogP contribution in [0.1, 0.15) is 18.5 Å². The van der Waals surface area contributed by atoms with Gasteiger partial charge in [0.15, 0.2) is 5.78 Å². The molecule has 3 aliphatic rings. The monoisotopic (exact) mass is 642 g/mol. The number of carbonyl (C=O) groups is 5. The van der Waals surface area contributed by atoms with Gasteiger partial charge in [-0.2, -0.15) is 11.8 Å². The molecule has 1 aromatic heterocycles. The van der Waals surface area contributed by atoms with Crippen molar-refractivity contribution in [3.05, 3.63) is 53.3 Å². The van der Waals surface area contributed by atoms with E-state index in [0.29, 0.717) is 35.1 Å². The second kappa shape index (κ2) is 12.7. The number of likely N-dealkylation sites (N-methyl/N-ethyl adjacent to an activating group) is 1. The third-order valence-electron chi connectivity index (χ3n) is 7.75. The van der Waals surface area contributed by atoms with Crippen molar-refractivity contribution in [2.45, 2.75) is 29.4 Å². The number of piperazine rings is 1. The fourth-order valence-corrected chi connectivity index (χ4v) is 7.85. The van der Waals surface area contributed by atoms with E-state index in [4.69, 9.17) is 0 Å². The topological polar surface area (TPSA) is 200 Å². The van der Waals surface area contributed by atoms with Crippen molar-refractivity contribution in [2.24, 2.45) is 13.0 Å². The molecule has 17 heteroatoms. The number of hydrogen-bond donors (Lipinski definition) is 4. The number of carboxylic acid groups (broad SMARTS) is 1. The van der Waals surface area contributed by atoms with Crippen molar-refractivity contribution >= 4 is 53.1 Å². The zero-order valence-corrected chi connectivity index (χ0v) is 25.4. The molecule has 3 heterocycles. The molecule has 2 aromatic rings. The maximum absolute atomic E-state index is 13.6. The van der Waals surface area contributed by atoms with E-state index in [1.54, 1.807) is 11.9 Å². The van der Waals surface area contributed by atoms with Crippen LogP contribution in [0.25, 0.3) is 0 Å². The molecule has 1 saturated heterocycles. The van der Waals surface area contributed by atoms with E-state index in [9.17, 15) is 34.2 Å². The highest BCUT2D eigenvalue weighted by molar-refractivity contribution is 8.01. The maximum atomic E-state index is 13.6. The Bertz CT molecular complexity index is 1560. The van der Waals surface area contributed by atoms with Crippen LogP contribution in [-0.4, -0.2) is 112 Å². The number of nitrogens with zero attached hydrogens (tertiary/aromatic N) is 6. The van der Waals surface area contributed by atoms with Gasteiger partial charge in [-0.1, -0.05) is 30.5 Å². The van der Waals surface area contributed by atoms with Crippen LogP contribution < -0.4 is 10.6 Å². The number of hydrogen-bond acceptors (Lipinski definition) is 12. The number of carboxylic acids is 1. The highest BCUT2D eigenvalue weighted by atomic mass is 32.2. The van der Waals surface area contributed by atoms with Gasteiger partial charge in [-0.05, 0) is 40.6 Å². The number of nitrogens with one attached hydrogen (secondary N) is 2. The van der Waals surface area contributed by atoms with Crippen LogP contribution in [0.4, 0.5) is 4.79 Å². The van der Waals surface area contributed by atoms with Gasteiger partial charge in [-0.25, -0.2) is 14.3 Å². The summed E-state index contributed by atoms with van der Waals surface area (Å²) in [4.78, 5) is 68.0. The molecule has 2 aliphatic heterocycles. The van der Waals surface area contributed by atoms with E-state index in [1.807, 2.05) is 6.92 Å². The summed E-state index contributed by atoms with van der Waals surface area (Å²) < 4.78 is 1.46. The number of benzene rings is 1. The van der Waals surface area contributed by atoms with Gasteiger partial charge >= 0.3 is 12.0 Å². The van der Waals surface area contributed by atoms with Gasteiger partial charge < -0.3 is 25.7 Å². The number of aryl methyl sites for hydroxylation is 1. The van der Waals surface area contributed by atoms with Gasteiger partial charge in [0, 0.05) is 49.0 Å². The van der Waals surface area contributed by atoms with Crippen molar-refractivity contribution in [3.63, 3.8) is 0 Å². The van der Waals surface area contributed by atoms with E-state index in [-0.39, 0.29) is 29.3 Å². The summed E-state index contributed by atoms with van der Waals surface area (Å²) >= 11 is 2.63. The second-order valence-corrected chi connectivity index (χ2v) is 12.4. The van der Waals surface area contributed by atoms with Gasteiger partial charge in [0.05, 0.1) is 11.6 Å². The lowest BCUT2D eigenvalue weighted by molar-refractivity contribution is -0.140. The third kappa shape index (κ3) is 5.88. The third-order valence-corrected chi connectivity index (χ3v) is 10.3. The minimum Gasteiger partial charge on any atom is -0.508 e. The van der Waals surface area contributed by atoms with E-state index < -0.39 is 52.8 Å².